The van der Waals surface area contributed by atoms with Crippen molar-refractivity contribution in [1.29, 1.82) is 5.41 Å². The van der Waals surface area contributed by atoms with E-state index in [1.165, 1.54) is 16.9 Å². The molecule has 0 bridgehead atoms. The first-order valence-electron chi connectivity index (χ1n) is 13.1. The molecular weight excluding hydrogens is 481 g/mol. The van der Waals surface area contributed by atoms with Crippen molar-refractivity contribution in [3.05, 3.63) is 46.9 Å². The van der Waals surface area contributed by atoms with E-state index in [9.17, 15) is 18.6 Å². The highest BCUT2D eigenvalue weighted by Gasteiger charge is 2.37. The van der Waals surface area contributed by atoms with Gasteiger partial charge in [-0.05, 0) is 55.5 Å². The molecule has 3 aliphatic rings. The van der Waals surface area contributed by atoms with Crippen molar-refractivity contribution >= 4 is 11.5 Å². The van der Waals surface area contributed by atoms with Gasteiger partial charge in [0.25, 0.3) is 0 Å². The number of hydrogen-bond donors (Lipinski definition) is 2. The molecule has 0 spiro atoms. The van der Waals surface area contributed by atoms with Crippen LogP contribution in [0.3, 0.4) is 0 Å². The van der Waals surface area contributed by atoms with Crippen molar-refractivity contribution in [3.8, 4) is 11.1 Å². The topological polar surface area (TPSA) is 69.4 Å². The fraction of sp³-hybridized carbons (Fsp3) is 0.556. The van der Waals surface area contributed by atoms with Gasteiger partial charge in [0.2, 0.25) is 0 Å². The van der Waals surface area contributed by atoms with Gasteiger partial charge in [-0.2, -0.15) is 18.3 Å². The molecule has 200 valence electrons. The second-order valence-electron chi connectivity index (χ2n) is 10.1. The number of benzene rings is 1. The van der Waals surface area contributed by atoms with Crippen LogP contribution in [0.1, 0.15) is 43.7 Å². The lowest BCUT2D eigenvalue weighted by molar-refractivity contribution is -0.137. The summed E-state index contributed by atoms with van der Waals surface area (Å²) in [6.45, 7) is 6.45. The van der Waals surface area contributed by atoms with Crippen LogP contribution >= 0.6 is 0 Å². The molecule has 3 aliphatic heterocycles. The van der Waals surface area contributed by atoms with Gasteiger partial charge in [0.05, 0.1) is 11.8 Å². The summed E-state index contributed by atoms with van der Waals surface area (Å²) in [6, 6.07) is 3.20. The highest BCUT2D eigenvalue weighted by atomic mass is 19.4. The Bertz CT molecular complexity index is 1180. The van der Waals surface area contributed by atoms with Gasteiger partial charge in [-0.1, -0.05) is 6.92 Å². The average Bonchev–Trinajstić information content (AvgIpc) is 3.33. The number of alkyl halides is 3. The normalized spacial score (nSPS) is 19.8. The summed E-state index contributed by atoms with van der Waals surface area (Å²) in [7, 11) is 1.70. The predicted molar refractivity (Wildman–Crippen MR) is 138 cm³/mol. The Labute approximate surface area is 215 Å². The van der Waals surface area contributed by atoms with Gasteiger partial charge in [-0.15, -0.1) is 0 Å². The second kappa shape index (κ2) is 10.5. The zero-order valence-electron chi connectivity index (χ0n) is 21.5. The Morgan fingerprint density at radius 3 is 2.65 bits per heavy atom. The number of fused-ring (bicyclic) bond motifs is 1. The lowest BCUT2D eigenvalue weighted by Crippen LogP contribution is -2.45. The number of nitrogens with zero attached hydrogens (tertiary/aromatic N) is 4. The number of anilines is 1. The fourth-order valence-corrected chi connectivity index (χ4v) is 5.62. The monoisotopic (exact) mass is 516 g/mol. The van der Waals surface area contributed by atoms with Crippen molar-refractivity contribution in [1.82, 2.24) is 20.0 Å². The maximum atomic E-state index is 14.3. The van der Waals surface area contributed by atoms with Crippen LogP contribution in [0, 0.1) is 5.41 Å². The SMILES string of the molecule is CCN1CCC(NC2CCOCC2)=C(C(=N)N2CCCc3cc(-c4cnn(C)c4)c(C(F)(F)F)cc32)C1. The summed E-state index contributed by atoms with van der Waals surface area (Å²) < 4.78 is 49.8. The highest BCUT2D eigenvalue weighted by molar-refractivity contribution is 6.09. The van der Waals surface area contributed by atoms with E-state index in [4.69, 9.17) is 4.74 Å². The molecular formula is C27H35F3N6O. The molecule has 37 heavy (non-hydrogen) atoms. The van der Waals surface area contributed by atoms with Gasteiger partial charge < -0.3 is 15.0 Å². The van der Waals surface area contributed by atoms with Crippen LogP contribution in [0.2, 0.25) is 0 Å². The fourth-order valence-electron chi connectivity index (χ4n) is 5.62. The lowest BCUT2D eigenvalue weighted by atomic mass is 9.92. The molecule has 2 N–H and O–H groups in total. The van der Waals surface area contributed by atoms with E-state index in [-0.39, 0.29) is 5.56 Å². The maximum Gasteiger partial charge on any atom is 0.417 e. The van der Waals surface area contributed by atoms with E-state index in [1.807, 2.05) is 0 Å². The van der Waals surface area contributed by atoms with Crippen LogP contribution in [0.15, 0.2) is 35.8 Å². The van der Waals surface area contributed by atoms with E-state index < -0.39 is 11.7 Å². The molecule has 5 rings (SSSR count). The van der Waals surface area contributed by atoms with Crippen LogP contribution < -0.4 is 10.2 Å². The summed E-state index contributed by atoms with van der Waals surface area (Å²) in [5.74, 6) is 0.302. The minimum atomic E-state index is -4.52. The first kappa shape index (κ1) is 25.8. The third-order valence-corrected chi connectivity index (χ3v) is 7.69. The average molecular weight is 517 g/mol. The van der Waals surface area contributed by atoms with Crippen molar-refractivity contribution in [3.63, 3.8) is 0 Å². The van der Waals surface area contributed by atoms with Crippen molar-refractivity contribution in [2.24, 2.45) is 7.05 Å². The highest BCUT2D eigenvalue weighted by Crippen LogP contribution is 2.42. The molecule has 1 saturated heterocycles. The molecule has 7 nitrogen and oxygen atoms in total. The molecule has 0 atom stereocenters. The Morgan fingerprint density at radius 2 is 1.97 bits per heavy atom. The molecule has 1 fully saturated rings. The smallest absolute Gasteiger partial charge is 0.385 e. The largest absolute Gasteiger partial charge is 0.417 e. The number of aryl methyl sites for hydroxylation is 2. The minimum Gasteiger partial charge on any atom is -0.385 e. The molecule has 0 unspecified atom stereocenters. The zero-order valence-corrected chi connectivity index (χ0v) is 21.5. The Balaban J connectivity index is 1.53. The summed E-state index contributed by atoms with van der Waals surface area (Å²) in [4.78, 5) is 4.08. The molecule has 2 aromatic rings. The third kappa shape index (κ3) is 5.40. The molecule has 0 aliphatic carbocycles. The first-order chi connectivity index (χ1) is 17.7. The van der Waals surface area contributed by atoms with Crippen molar-refractivity contribution in [2.45, 2.75) is 51.2 Å². The number of halogens is 3. The van der Waals surface area contributed by atoms with Crippen molar-refractivity contribution in [2.75, 3.05) is 44.3 Å². The molecule has 1 aromatic heterocycles. The summed E-state index contributed by atoms with van der Waals surface area (Å²) in [6.07, 6.45) is 2.65. The van der Waals surface area contributed by atoms with E-state index in [0.717, 1.165) is 68.8 Å². The van der Waals surface area contributed by atoms with Crippen molar-refractivity contribution < 1.29 is 17.9 Å². The third-order valence-electron chi connectivity index (χ3n) is 7.69. The maximum absolute atomic E-state index is 14.3. The number of nitrogens with one attached hydrogen (secondary N) is 2. The number of ether oxygens (including phenoxy) is 1. The van der Waals surface area contributed by atoms with Crippen LogP contribution in [-0.2, 0) is 24.4 Å². The minimum absolute atomic E-state index is 0.142. The molecule has 0 amide bonds. The van der Waals surface area contributed by atoms with Gasteiger partial charge in [0.1, 0.15) is 5.84 Å². The van der Waals surface area contributed by atoms with Gasteiger partial charge >= 0.3 is 6.18 Å². The number of rotatable bonds is 5. The van der Waals surface area contributed by atoms with Crippen LogP contribution in [0.25, 0.3) is 11.1 Å². The standard InChI is InChI=1S/C27H35F3N6O/c1-3-35-10-6-24(33-20-7-11-37-12-8-20)22(17-35)26(31)36-9-4-5-18-13-21(19-15-32-34(2)16-19)23(14-25(18)36)27(28,29)30/h13-16,20,31,33H,3-12,17H2,1-2H3. The predicted octanol–water partition coefficient (Wildman–Crippen LogP) is 4.58. The Morgan fingerprint density at radius 1 is 1.19 bits per heavy atom. The summed E-state index contributed by atoms with van der Waals surface area (Å²) >= 11 is 0. The van der Waals surface area contributed by atoms with Gasteiger partial charge in [0.15, 0.2) is 0 Å². The van der Waals surface area contributed by atoms with E-state index in [2.05, 4.69) is 22.2 Å². The van der Waals surface area contributed by atoms with Gasteiger partial charge in [-0.25, -0.2) is 0 Å². The summed E-state index contributed by atoms with van der Waals surface area (Å²) in [5.41, 5.74) is 3.17. The Kier molecular flexibility index (Phi) is 7.31. The van der Waals surface area contributed by atoms with Gasteiger partial charge in [0, 0.05) is 81.1 Å². The van der Waals surface area contributed by atoms with E-state index in [1.54, 1.807) is 24.2 Å². The quantitative estimate of drug-likeness (QED) is 0.450. The first-order valence-corrected chi connectivity index (χ1v) is 13.1. The number of hydrogen-bond acceptors (Lipinski definition) is 5. The molecule has 4 heterocycles. The van der Waals surface area contributed by atoms with E-state index >= 15 is 0 Å². The number of amidine groups is 1. The molecule has 0 saturated carbocycles. The second-order valence-corrected chi connectivity index (χ2v) is 10.1. The Hall–Kier alpha value is -2.85. The van der Waals surface area contributed by atoms with E-state index in [0.29, 0.717) is 42.6 Å². The number of aromatic nitrogens is 2. The van der Waals surface area contributed by atoms with Gasteiger partial charge in [-0.3, -0.25) is 15.0 Å². The lowest BCUT2D eigenvalue weighted by Gasteiger charge is -2.38. The zero-order chi connectivity index (χ0) is 26.2. The molecule has 10 heteroatoms. The summed E-state index contributed by atoms with van der Waals surface area (Å²) in [5, 5.41) is 17.0. The van der Waals surface area contributed by atoms with Crippen LogP contribution in [-0.4, -0.2) is 66.0 Å². The molecule has 1 aromatic carbocycles. The molecule has 0 radical (unpaired) electrons. The van der Waals surface area contributed by atoms with Crippen LogP contribution in [0.4, 0.5) is 18.9 Å². The number of likely N-dealkylation sites (N-methyl/N-ethyl adjacent to an activating group) is 1. The van der Waals surface area contributed by atoms with Crippen LogP contribution in [0.5, 0.6) is 0 Å².